The van der Waals surface area contributed by atoms with Gasteiger partial charge in [-0.05, 0) is 73.5 Å². The lowest BCUT2D eigenvalue weighted by Crippen LogP contribution is -2.57. The molecule has 0 aromatic heterocycles. The van der Waals surface area contributed by atoms with E-state index < -0.39 is 17.4 Å². The first-order valence-corrected chi connectivity index (χ1v) is 11.9. The molecule has 1 amide bonds. The third kappa shape index (κ3) is 5.08. The van der Waals surface area contributed by atoms with Gasteiger partial charge >= 0.3 is 5.91 Å². The number of nitrogens with zero attached hydrogens (tertiary/aromatic N) is 1. The number of halogens is 3. The quantitative estimate of drug-likeness (QED) is 0.446. The fraction of sp³-hybridized carbons (Fsp3) is 0.615. The van der Waals surface area contributed by atoms with Crippen molar-refractivity contribution in [3.05, 3.63) is 23.2 Å². The van der Waals surface area contributed by atoms with Gasteiger partial charge in [0.1, 0.15) is 17.6 Å². The summed E-state index contributed by atoms with van der Waals surface area (Å²) in [6.45, 7) is 4.14. The molecule has 2 atom stereocenters. The standard InChI is InChI=1S/C25H28ClF2NO3.CH4O/c1-4-22(31)29(24(15-30)9-16(2)7-17(3)10-24)18-5-6-21(20(26)8-18)32-19-11-23(12-19)13-25(27,28)14-23;1-2/h1,5-6,8,15-17,19H,7,9-14H2,2-3H3;2H,1H3. The van der Waals surface area contributed by atoms with Crippen LogP contribution in [0.3, 0.4) is 0 Å². The lowest BCUT2D eigenvalue weighted by atomic mass is 9.53. The highest BCUT2D eigenvalue weighted by Crippen LogP contribution is 2.63. The molecule has 3 aliphatic rings. The molecule has 0 saturated heterocycles. The summed E-state index contributed by atoms with van der Waals surface area (Å²) in [4.78, 5) is 26.5. The minimum Gasteiger partial charge on any atom is -0.489 e. The van der Waals surface area contributed by atoms with E-state index in [1.807, 2.05) is 0 Å². The van der Waals surface area contributed by atoms with E-state index in [1.165, 1.54) is 4.90 Å². The summed E-state index contributed by atoms with van der Waals surface area (Å²) in [6.07, 6.45) is 9.22. The number of carbonyl (C=O) groups excluding carboxylic acids is 2. The summed E-state index contributed by atoms with van der Waals surface area (Å²) in [6, 6.07) is 4.92. The average molecular weight is 496 g/mol. The van der Waals surface area contributed by atoms with Crippen LogP contribution in [0.1, 0.15) is 58.8 Å². The Balaban J connectivity index is 0.00000158. The molecule has 8 heteroatoms. The summed E-state index contributed by atoms with van der Waals surface area (Å²) in [5, 5.41) is 7.29. The van der Waals surface area contributed by atoms with Crippen LogP contribution in [0.15, 0.2) is 18.2 Å². The number of carbonyl (C=O) groups is 2. The third-order valence-corrected chi connectivity index (χ3v) is 7.55. The Hall–Kier alpha value is -2.17. The molecule has 34 heavy (non-hydrogen) atoms. The van der Waals surface area contributed by atoms with Crippen LogP contribution in [-0.4, -0.2) is 42.0 Å². The number of anilines is 1. The van der Waals surface area contributed by atoms with Gasteiger partial charge in [0.25, 0.3) is 0 Å². The zero-order chi connectivity index (χ0) is 25.3. The van der Waals surface area contributed by atoms with Crippen LogP contribution in [0.2, 0.25) is 5.02 Å². The van der Waals surface area contributed by atoms with Gasteiger partial charge in [-0.25, -0.2) is 8.78 Å². The molecule has 3 aliphatic carbocycles. The first-order chi connectivity index (χ1) is 16.0. The predicted molar refractivity (Wildman–Crippen MR) is 127 cm³/mol. The highest BCUT2D eigenvalue weighted by Gasteiger charge is 2.62. The molecule has 0 heterocycles. The van der Waals surface area contributed by atoms with Crippen LogP contribution in [0.25, 0.3) is 0 Å². The number of ether oxygens (including phenoxy) is 1. The molecule has 5 nitrogen and oxygen atoms in total. The molecule has 1 spiro atoms. The molecule has 2 unspecified atom stereocenters. The predicted octanol–water partition coefficient (Wildman–Crippen LogP) is 5.27. The van der Waals surface area contributed by atoms with Crippen molar-refractivity contribution < 1.29 is 28.2 Å². The maximum Gasteiger partial charge on any atom is 0.303 e. The zero-order valence-corrected chi connectivity index (χ0v) is 20.6. The number of aldehydes is 1. The van der Waals surface area contributed by atoms with E-state index in [2.05, 4.69) is 19.8 Å². The number of aliphatic hydroxyl groups excluding tert-OH is 1. The van der Waals surface area contributed by atoms with Crippen LogP contribution in [0.4, 0.5) is 14.5 Å². The molecule has 1 aromatic rings. The van der Waals surface area contributed by atoms with E-state index in [-0.39, 0.29) is 41.2 Å². The van der Waals surface area contributed by atoms with Crippen molar-refractivity contribution in [3.63, 3.8) is 0 Å². The number of benzene rings is 1. The molecule has 1 N–H and O–H groups in total. The summed E-state index contributed by atoms with van der Waals surface area (Å²) in [5.74, 6) is -0.0164. The van der Waals surface area contributed by atoms with Crippen molar-refractivity contribution in [2.45, 2.75) is 76.4 Å². The van der Waals surface area contributed by atoms with Gasteiger partial charge in [-0.1, -0.05) is 25.4 Å². The van der Waals surface area contributed by atoms with Gasteiger partial charge in [0, 0.05) is 25.6 Å². The van der Waals surface area contributed by atoms with Crippen LogP contribution in [0, 0.1) is 29.6 Å². The minimum atomic E-state index is -2.54. The number of rotatable bonds is 5. The molecular formula is C26H32ClF2NO4. The normalized spacial score (nSPS) is 28.9. The Labute approximate surface area is 204 Å². The first kappa shape index (κ1) is 26.4. The van der Waals surface area contributed by atoms with E-state index in [0.717, 1.165) is 19.8 Å². The number of hydrogen-bond acceptors (Lipinski definition) is 4. The molecule has 0 radical (unpaired) electrons. The molecule has 186 valence electrons. The van der Waals surface area contributed by atoms with Crippen molar-refractivity contribution in [1.82, 2.24) is 0 Å². The SMILES string of the molecule is C#CC(=O)N(c1ccc(OC2CC3(C2)CC(F)(F)C3)c(Cl)c1)C1(C=O)CC(C)CC(C)C1.CO. The minimum absolute atomic E-state index is 0.0691. The highest BCUT2D eigenvalue weighted by atomic mass is 35.5. The largest absolute Gasteiger partial charge is 0.489 e. The van der Waals surface area contributed by atoms with Crippen LogP contribution in [0.5, 0.6) is 5.75 Å². The maximum atomic E-state index is 13.2. The Morgan fingerprint density at radius 1 is 1.21 bits per heavy atom. The lowest BCUT2D eigenvalue weighted by Gasteiger charge is -2.56. The molecule has 1 aromatic carbocycles. The first-order valence-electron chi connectivity index (χ1n) is 11.6. The number of terminal acetylenes is 1. The van der Waals surface area contributed by atoms with E-state index in [9.17, 15) is 18.4 Å². The van der Waals surface area contributed by atoms with Crippen LogP contribution in [-0.2, 0) is 9.59 Å². The second kappa shape index (κ2) is 9.83. The average Bonchev–Trinajstić information content (AvgIpc) is 2.73. The topological polar surface area (TPSA) is 66.8 Å². The zero-order valence-electron chi connectivity index (χ0n) is 19.8. The maximum absolute atomic E-state index is 13.2. The lowest BCUT2D eigenvalue weighted by molar-refractivity contribution is -0.214. The van der Waals surface area contributed by atoms with E-state index in [1.54, 1.807) is 18.2 Å². The molecular weight excluding hydrogens is 464 g/mol. The van der Waals surface area contributed by atoms with Crippen molar-refractivity contribution >= 4 is 29.5 Å². The highest BCUT2D eigenvalue weighted by molar-refractivity contribution is 6.32. The van der Waals surface area contributed by atoms with Crippen molar-refractivity contribution in [1.29, 1.82) is 0 Å². The monoisotopic (exact) mass is 495 g/mol. The Kier molecular flexibility index (Phi) is 7.64. The van der Waals surface area contributed by atoms with Gasteiger partial charge in [-0.15, -0.1) is 6.42 Å². The Morgan fingerprint density at radius 2 is 1.79 bits per heavy atom. The number of amides is 1. The van der Waals surface area contributed by atoms with Gasteiger partial charge in [0.15, 0.2) is 0 Å². The van der Waals surface area contributed by atoms with Gasteiger partial charge in [0.2, 0.25) is 5.92 Å². The smallest absolute Gasteiger partial charge is 0.303 e. The molecule has 0 bridgehead atoms. The van der Waals surface area contributed by atoms with E-state index in [0.29, 0.717) is 37.1 Å². The summed E-state index contributed by atoms with van der Waals surface area (Å²) in [7, 11) is 1.00. The Morgan fingerprint density at radius 3 is 2.26 bits per heavy atom. The fourth-order valence-corrected chi connectivity index (χ4v) is 6.56. The molecule has 3 fully saturated rings. The number of hydrogen-bond donors (Lipinski definition) is 1. The Bertz CT molecular complexity index is 950. The van der Waals surface area contributed by atoms with E-state index >= 15 is 0 Å². The number of alkyl halides is 2. The molecule has 3 saturated carbocycles. The summed E-state index contributed by atoms with van der Waals surface area (Å²) >= 11 is 6.47. The van der Waals surface area contributed by atoms with Gasteiger partial charge in [-0.3, -0.25) is 9.69 Å². The molecule has 0 aliphatic heterocycles. The molecule has 4 rings (SSSR count). The second-order valence-electron chi connectivity index (χ2n) is 10.3. The van der Waals surface area contributed by atoms with Crippen LogP contribution < -0.4 is 9.64 Å². The fourth-order valence-electron chi connectivity index (χ4n) is 6.34. The van der Waals surface area contributed by atoms with Gasteiger partial charge < -0.3 is 14.6 Å². The van der Waals surface area contributed by atoms with Gasteiger partial charge in [0.05, 0.1) is 11.1 Å². The van der Waals surface area contributed by atoms with Gasteiger partial charge in [-0.2, -0.15) is 0 Å². The number of aliphatic hydroxyl groups is 1. The second-order valence-corrected chi connectivity index (χ2v) is 10.7. The van der Waals surface area contributed by atoms with Crippen molar-refractivity contribution in [2.24, 2.45) is 17.3 Å². The summed E-state index contributed by atoms with van der Waals surface area (Å²) < 4.78 is 32.4. The summed E-state index contributed by atoms with van der Waals surface area (Å²) in [5.41, 5.74) is -0.869. The third-order valence-electron chi connectivity index (χ3n) is 7.26. The van der Waals surface area contributed by atoms with E-state index in [4.69, 9.17) is 27.9 Å². The van der Waals surface area contributed by atoms with Crippen molar-refractivity contribution in [2.75, 3.05) is 12.0 Å². The van der Waals surface area contributed by atoms with Crippen LogP contribution >= 0.6 is 11.6 Å². The van der Waals surface area contributed by atoms with Crippen molar-refractivity contribution in [3.8, 4) is 18.1 Å².